The number of carboxylic acid groups (broad SMARTS) is 1. The molecule has 128 valence electrons. The van der Waals surface area contributed by atoms with Crippen molar-refractivity contribution in [3.8, 4) is 0 Å². The summed E-state index contributed by atoms with van der Waals surface area (Å²) >= 11 is 0. The number of nitrogens with one attached hydrogen (secondary N) is 1. The Morgan fingerprint density at radius 1 is 1.43 bits per heavy atom. The second kappa shape index (κ2) is 9.01. The van der Waals surface area contributed by atoms with Crippen molar-refractivity contribution in [1.82, 2.24) is 10.2 Å². The molecule has 23 heavy (non-hydrogen) atoms. The highest BCUT2D eigenvalue weighted by atomic mass is 16.5. The number of benzene rings is 1. The van der Waals surface area contributed by atoms with Gasteiger partial charge < -0.3 is 9.84 Å². The van der Waals surface area contributed by atoms with E-state index in [9.17, 15) is 4.79 Å². The minimum absolute atomic E-state index is 0.0389. The number of hydrogen-bond acceptors (Lipinski definition) is 4. The van der Waals surface area contributed by atoms with E-state index >= 15 is 0 Å². The van der Waals surface area contributed by atoms with Gasteiger partial charge in [0.15, 0.2) is 0 Å². The van der Waals surface area contributed by atoms with E-state index in [2.05, 4.69) is 30.4 Å². The summed E-state index contributed by atoms with van der Waals surface area (Å²) in [6, 6.07) is 8.87. The van der Waals surface area contributed by atoms with Gasteiger partial charge in [-0.05, 0) is 31.0 Å². The van der Waals surface area contributed by atoms with Crippen LogP contribution < -0.4 is 5.32 Å². The van der Waals surface area contributed by atoms with Crippen molar-refractivity contribution in [3.63, 3.8) is 0 Å². The molecule has 1 aromatic carbocycles. The first-order chi connectivity index (χ1) is 11.1. The lowest BCUT2D eigenvalue weighted by Gasteiger charge is -2.33. The average molecular weight is 320 g/mol. The Morgan fingerprint density at radius 2 is 2.22 bits per heavy atom. The van der Waals surface area contributed by atoms with Gasteiger partial charge in [0, 0.05) is 12.6 Å². The van der Waals surface area contributed by atoms with E-state index in [1.807, 2.05) is 6.07 Å². The van der Waals surface area contributed by atoms with Crippen LogP contribution in [0.25, 0.3) is 0 Å². The van der Waals surface area contributed by atoms with Gasteiger partial charge in [-0.3, -0.25) is 15.0 Å². The van der Waals surface area contributed by atoms with Gasteiger partial charge in [-0.1, -0.05) is 44.0 Å². The van der Waals surface area contributed by atoms with Crippen molar-refractivity contribution in [3.05, 3.63) is 35.4 Å². The number of unbranched alkanes of at least 4 members (excludes halogenated alkanes) is 1. The molecule has 0 saturated heterocycles. The van der Waals surface area contributed by atoms with Crippen molar-refractivity contribution in [1.29, 1.82) is 0 Å². The van der Waals surface area contributed by atoms with Crippen LogP contribution in [0.2, 0.25) is 0 Å². The molecule has 1 heterocycles. The second-order valence-electron chi connectivity index (χ2n) is 6.29. The molecule has 0 amide bonds. The highest BCUT2D eigenvalue weighted by molar-refractivity contribution is 5.68. The van der Waals surface area contributed by atoms with E-state index in [4.69, 9.17) is 9.84 Å². The summed E-state index contributed by atoms with van der Waals surface area (Å²) in [4.78, 5) is 12.4. The lowest BCUT2D eigenvalue weighted by atomic mass is 9.92. The Hall–Kier alpha value is -1.43. The number of likely N-dealkylation sites (N-methyl/N-ethyl adjacent to an activating group) is 1. The van der Waals surface area contributed by atoms with E-state index < -0.39 is 5.97 Å². The van der Waals surface area contributed by atoms with Crippen molar-refractivity contribution in [2.24, 2.45) is 0 Å². The van der Waals surface area contributed by atoms with E-state index in [1.54, 1.807) is 11.9 Å². The van der Waals surface area contributed by atoms with Gasteiger partial charge in [0.25, 0.3) is 0 Å². The van der Waals surface area contributed by atoms with Crippen molar-refractivity contribution < 1.29 is 14.6 Å². The number of aliphatic carboxylic acids is 1. The fraction of sp³-hybridized carbons (Fsp3) is 0.611. The van der Waals surface area contributed by atoms with Crippen LogP contribution in [-0.2, 0) is 16.0 Å². The van der Waals surface area contributed by atoms with Crippen LogP contribution in [-0.4, -0.2) is 48.8 Å². The highest BCUT2D eigenvalue weighted by Gasteiger charge is 2.26. The van der Waals surface area contributed by atoms with Gasteiger partial charge >= 0.3 is 5.97 Å². The van der Waals surface area contributed by atoms with Crippen molar-refractivity contribution in [2.75, 3.05) is 26.7 Å². The van der Waals surface area contributed by atoms with E-state index in [1.165, 1.54) is 24.0 Å². The number of rotatable bonds is 9. The summed E-state index contributed by atoms with van der Waals surface area (Å²) in [6.45, 7) is 3.36. The number of carbonyl (C=O) groups is 1. The molecule has 2 atom stereocenters. The third-order valence-corrected chi connectivity index (χ3v) is 4.26. The molecule has 0 aliphatic carbocycles. The summed E-state index contributed by atoms with van der Waals surface area (Å²) in [7, 11) is 1.80. The molecule has 0 aromatic heterocycles. The predicted molar refractivity (Wildman–Crippen MR) is 90.4 cm³/mol. The fourth-order valence-electron chi connectivity index (χ4n) is 3.01. The maximum Gasteiger partial charge on any atom is 0.317 e. The van der Waals surface area contributed by atoms with Crippen LogP contribution in [0.1, 0.15) is 43.5 Å². The summed E-state index contributed by atoms with van der Waals surface area (Å²) in [5.41, 5.74) is 2.57. The molecule has 0 fully saturated rings. The maximum absolute atomic E-state index is 10.7. The topological polar surface area (TPSA) is 61.8 Å². The Labute approximate surface area is 138 Å². The summed E-state index contributed by atoms with van der Waals surface area (Å²) < 4.78 is 6.03. The highest BCUT2D eigenvalue weighted by Crippen LogP contribution is 2.27. The molecule has 0 spiro atoms. The van der Waals surface area contributed by atoms with Crippen LogP contribution in [0.15, 0.2) is 24.3 Å². The third-order valence-electron chi connectivity index (χ3n) is 4.26. The number of ether oxygens (including phenoxy) is 1. The zero-order valence-corrected chi connectivity index (χ0v) is 14.1. The third kappa shape index (κ3) is 5.61. The van der Waals surface area contributed by atoms with Gasteiger partial charge in [-0.2, -0.15) is 0 Å². The quantitative estimate of drug-likeness (QED) is 0.732. The van der Waals surface area contributed by atoms with Crippen LogP contribution in [0.5, 0.6) is 0 Å². The van der Waals surface area contributed by atoms with E-state index in [0.717, 1.165) is 12.8 Å². The number of nitrogens with zero attached hydrogens (tertiary/aromatic N) is 1. The standard InChI is InChI=1S/C18H28N2O3/c1-3-4-8-15-12-14-7-5-6-9-16(14)18(19-15)23-11-10-20(2)13-17(21)22/h5-7,9,15,18-19H,3-4,8,10-13H2,1-2H3,(H,21,22). The zero-order valence-electron chi connectivity index (χ0n) is 14.1. The molecule has 1 aliphatic rings. The first kappa shape index (κ1) is 17.9. The molecule has 5 heteroatoms. The molecular weight excluding hydrogens is 292 g/mol. The molecular formula is C18H28N2O3. The molecule has 5 nitrogen and oxygen atoms in total. The van der Waals surface area contributed by atoms with Gasteiger partial charge in [0.1, 0.15) is 6.23 Å². The Kier molecular flexibility index (Phi) is 7.02. The van der Waals surface area contributed by atoms with Crippen LogP contribution >= 0.6 is 0 Å². The minimum atomic E-state index is -0.812. The van der Waals surface area contributed by atoms with Crippen molar-refractivity contribution in [2.45, 2.75) is 44.9 Å². The normalized spacial score (nSPS) is 20.5. The molecule has 2 rings (SSSR count). The SMILES string of the molecule is CCCCC1Cc2ccccc2C(OCCN(C)CC(=O)O)N1. The molecule has 0 saturated carbocycles. The van der Waals surface area contributed by atoms with Gasteiger partial charge in [0.2, 0.25) is 0 Å². The smallest absolute Gasteiger partial charge is 0.317 e. The monoisotopic (exact) mass is 320 g/mol. The van der Waals surface area contributed by atoms with Crippen LogP contribution in [0.3, 0.4) is 0 Å². The molecule has 2 unspecified atom stereocenters. The lowest BCUT2D eigenvalue weighted by molar-refractivity contribution is -0.138. The summed E-state index contributed by atoms with van der Waals surface area (Å²) in [5, 5.41) is 12.4. The zero-order chi connectivity index (χ0) is 16.7. The van der Waals surface area contributed by atoms with E-state index in [-0.39, 0.29) is 12.8 Å². The van der Waals surface area contributed by atoms with Crippen molar-refractivity contribution >= 4 is 5.97 Å². The molecule has 1 aliphatic heterocycles. The Bertz CT molecular complexity index is 507. The number of hydrogen-bond donors (Lipinski definition) is 2. The largest absolute Gasteiger partial charge is 0.480 e. The van der Waals surface area contributed by atoms with E-state index in [0.29, 0.717) is 19.2 Å². The summed E-state index contributed by atoms with van der Waals surface area (Å²) in [6.07, 6.45) is 4.53. The fourth-order valence-corrected chi connectivity index (χ4v) is 3.01. The maximum atomic E-state index is 10.7. The lowest BCUT2D eigenvalue weighted by Crippen LogP contribution is -2.41. The first-order valence-corrected chi connectivity index (χ1v) is 8.46. The molecule has 2 N–H and O–H groups in total. The van der Waals surface area contributed by atoms with Crippen LogP contribution in [0.4, 0.5) is 0 Å². The second-order valence-corrected chi connectivity index (χ2v) is 6.29. The summed E-state index contributed by atoms with van der Waals surface area (Å²) in [5.74, 6) is -0.812. The Morgan fingerprint density at radius 3 is 2.96 bits per heavy atom. The first-order valence-electron chi connectivity index (χ1n) is 8.46. The van der Waals surface area contributed by atoms with Gasteiger partial charge in [0.05, 0.1) is 13.2 Å². The molecule has 0 bridgehead atoms. The average Bonchev–Trinajstić information content (AvgIpc) is 2.52. The number of carboxylic acids is 1. The molecule has 0 radical (unpaired) electrons. The number of fused-ring (bicyclic) bond motifs is 1. The minimum Gasteiger partial charge on any atom is -0.480 e. The van der Waals surface area contributed by atoms with Crippen LogP contribution in [0, 0.1) is 0 Å². The van der Waals surface area contributed by atoms with Gasteiger partial charge in [-0.15, -0.1) is 0 Å². The van der Waals surface area contributed by atoms with Gasteiger partial charge in [-0.25, -0.2) is 0 Å². The molecule has 1 aromatic rings. The predicted octanol–water partition coefficient (Wildman–Crippen LogP) is 2.42. The Balaban J connectivity index is 1.92.